The fourth-order valence-electron chi connectivity index (χ4n) is 3.96. The van der Waals surface area contributed by atoms with Crippen LogP contribution in [0, 0.1) is 11.3 Å². The Morgan fingerprint density at radius 3 is 2.50 bits per heavy atom. The van der Waals surface area contributed by atoms with Gasteiger partial charge in [-0.3, -0.25) is 9.59 Å². The number of hydrogen-bond acceptors (Lipinski definition) is 4. The summed E-state index contributed by atoms with van der Waals surface area (Å²) < 4.78 is 4.93. The zero-order chi connectivity index (χ0) is 21.9. The van der Waals surface area contributed by atoms with Gasteiger partial charge in [-0.2, -0.15) is 0 Å². The van der Waals surface area contributed by atoms with Gasteiger partial charge in [0.05, 0.1) is 7.11 Å². The molecule has 0 aliphatic carbocycles. The molecule has 7 heteroatoms. The molecule has 2 N–H and O–H groups in total. The summed E-state index contributed by atoms with van der Waals surface area (Å²) in [6.07, 6.45) is 3.40. The third-order valence-corrected chi connectivity index (χ3v) is 5.70. The molecule has 2 heterocycles. The molecule has 0 spiro atoms. The zero-order valence-electron chi connectivity index (χ0n) is 18.2. The van der Waals surface area contributed by atoms with Gasteiger partial charge in [-0.15, -0.1) is 0 Å². The molecule has 1 fully saturated rings. The number of rotatable bonds is 5. The van der Waals surface area contributed by atoms with E-state index < -0.39 is 17.4 Å². The largest absolute Gasteiger partial charge is 0.467 e. The predicted molar refractivity (Wildman–Crippen MR) is 115 cm³/mol. The number of ether oxygens (including phenoxy) is 1. The molecular weight excluding hydrogens is 382 g/mol. The monoisotopic (exact) mass is 413 g/mol. The Bertz CT molecular complexity index is 920. The molecule has 0 bridgehead atoms. The first kappa shape index (κ1) is 21.9. The number of methoxy groups -OCH3 is 1. The number of aromatic nitrogens is 1. The van der Waals surface area contributed by atoms with Gasteiger partial charge in [0.25, 0.3) is 0 Å². The summed E-state index contributed by atoms with van der Waals surface area (Å²) >= 11 is 0. The van der Waals surface area contributed by atoms with Crippen molar-refractivity contribution in [1.29, 1.82) is 0 Å². The van der Waals surface area contributed by atoms with E-state index in [0.29, 0.717) is 32.4 Å². The van der Waals surface area contributed by atoms with Crippen molar-refractivity contribution < 1.29 is 19.1 Å². The van der Waals surface area contributed by atoms with Crippen LogP contribution in [0.15, 0.2) is 30.5 Å². The number of aromatic amines is 1. The highest BCUT2D eigenvalue weighted by Gasteiger charge is 2.34. The van der Waals surface area contributed by atoms with Gasteiger partial charge in [0.15, 0.2) is 0 Å². The first-order valence-electron chi connectivity index (χ1n) is 10.4. The van der Waals surface area contributed by atoms with E-state index in [1.807, 2.05) is 56.1 Å². The van der Waals surface area contributed by atoms with Crippen LogP contribution in [0.5, 0.6) is 0 Å². The van der Waals surface area contributed by atoms with E-state index in [1.54, 1.807) is 0 Å². The number of para-hydroxylation sites is 1. The van der Waals surface area contributed by atoms with Gasteiger partial charge < -0.3 is 19.9 Å². The molecule has 0 saturated carbocycles. The molecule has 7 nitrogen and oxygen atoms in total. The number of likely N-dealkylation sites (tertiary alicyclic amines) is 1. The molecule has 0 radical (unpaired) electrons. The van der Waals surface area contributed by atoms with Crippen LogP contribution < -0.4 is 5.32 Å². The van der Waals surface area contributed by atoms with E-state index >= 15 is 0 Å². The van der Waals surface area contributed by atoms with Crippen LogP contribution in [0.2, 0.25) is 0 Å². The maximum atomic E-state index is 12.9. The Labute approximate surface area is 177 Å². The van der Waals surface area contributed by atoms with Gasteiger partial charge in [0, 0.05) is 47.9 Å². The van der Waals surface area contributed by atoms with E-state index in [9.17, 15) is 14.4 Å². The highest BCUT2D eigenvalue weighted by Crippen LogP contribution is 2.24. The Balaban J connectivity index is 1.64. The minimum absolute atomic E-state index is 0.105. The van der Waals surface area contributed by atoms with Crippen LogP contribution in [0.4, 0.5) is 0 Å². The summed E-state index contributed by atoms with van der Waals surface area (Å²) in [7, 11) is 1.33. The van der Waals surface area contributed by atoms with Crippen LogP contribution in [0.25, 0.3) is 10.9 Å². The van der Waals surface area contributed by atoms with Crippen LogP contribution >= 0.6 is 0 Å². The number of H-pyrrole nitrogens is 1. The lowest BCUT2D eigenvalue weighted by molar-refractivity contribution is -0.146. The smallest absolute Gasteiger partial charge is 0.328 e. The second-order valence-electron chi connectivity index (χ2n) is 8.96. The third-order valence-electron chi connectivity index (χ3n) is 5.70. The number of carbonyl (C=O) groups is 3. The number of benzene rings is 1. The highest BCUT2D eigenvalue weighted by atomic mass is 16.5. The van der Waals surface area contributed by atoms with Crippen LogP contribution in [-0.4, -0.2) is 53.9 Å². The second-order valence-corrected chi connectivity index (χ2v) is 8.96. The van der Waals surface area contributed by atoms with Crippen LogP contribution in [0.3, 0.4) is 0 Å². The van der Waals surface area contributed by atoms with E-state index in [4.69, 9.17) is 4.74 Å². The Hall–Kier alpha value is -2.83. The number of fused-ring (bicyclic) bond motifs is 1. The van der Waals surface area contributed by atoms with E-state index in [1.165, 1.54) is 7.11 Å². The molecule has 162 valence electrons. The van der Waals surface area contributed by atoms with Gasteiger partial charge in [0.1, 0.15) is 6.04 Å². The summed E-state index contributed by atoms with van der Waals surface area (Å²) in [5.74, 6) is -0.737. The lowest BCUT2D eigenvalue weighted by Gasteiger charge is -2.35. The highest BCUT2D eigenvalue weighted by molar-refractivity contribution is 5.88. The number of nitrogens with one attached hydrogen (secondary N) is 2. The van der Waals surface area contributed by atoms with Gasteiger partial charge in [0.2, 0.25) is 11.8 Å². The molecule has 1 aliphatic heterocycles. The molecule has 30 heavy (non-hydrogen) atoms. The molecular formula is C23H31N3O4. The SMILES string of the molecule is COC(=O)[C@@H](Cc1c[nH]c2ccccc12)NC(=O)C1CCN(C(=O)C(C)(C)C)CC1. The average molecular weight is 414 g/mol. The predicted octanol–water partition coefficient (Wildman–Crippen LogP) is 2.65. The fraction of sp³-hybridized carbons (Fsp3) is 0.522. The van der Waals surface area contributed by atoms with Crippen molar-refractivity contribution in [3.63, 3.8) is 0 Å². The van der Waals surface area contributed by atoms with Crippen molar-refractivity contribution >= 4 is 28.7 Å². The average Bonchev–Trinajstić information content (AvgIpc) is 3.14. The van der Waals surface area contributed by atoms with Crippen molar-refractivity contribution in [2.24, 2.45) is 11.3 Å². The summed E-state index contributed by atoms with van der Waals surface area (Å²) in [6.45, 7) is 6.82. The molecule has 1 saturated heterocycles. The van der Waals surface area contributed by atoms with Crippen molar-refractivity contribution in [1.82, 2.24) is 15.2 Å². The molecule has 2 aromatic rings. The number of amides is 2. The Kier molecular flexibility index (Phi) is 6.48. The minimum atomic E-state index is -0.754. The van der Waals surface area contributed by atoms with E-state index in [0.717, 1.165) is 16.5 Å². The standard InChI is InChI=1S/C23H31N3O4/c1-23(2,3)22(29)26-11-9-15(10-12-26)20(27)25-19(21(28)30-4)13-16-14-24-18-8-6-5-7-17(16)18/h5-8,14-15,19,24H,9-13H2,1-4H3,(H,25,27)/t19-/m1/s1. The lowest BCUT2D eigenvalue weighted by Crippen LogP contribution is -2.49. The van der Waals surface area contributed by atoms with Crippen molar-refractivity contribution in [3.8, 4) is 0 Å². The van der Waals surface area contributed by atoms with Gasteiger partial charge in [-0.25, -0.2) is 4.79 Å². The second kappa shape index (κ2) is 8.90. The van der Waals surface area contributed by atoms with Crippen LogP contribution in [-0.2, 0) is 25.5 Å². The zero-order valence-corrected chi connectivity index (χ0v) is 18.2. The number of nitrogens with zero attached hydrogens (tertiary/aromatic N) is 1. The molecule has 3 rings (SSSR count). The molecule has 0 unspecified atom stereocenters. The topological polar surface area (TPSA) is 91.5 Å². The number of piperidine rings is 1. The van der Waals surface area contributed by atoms with Crippen molar-refractivity contribution in [2.75, 3.05) is 20.2 Å². The Morgan fingerprint density at radius 1 is 1.20 bits per heavy atom. The maximum absolute atomic E-state index is 12.9. The lowest BCUT2D eigenvalue weighted by atomic mass is 9.90. The summed E-state index contributed by atoms with van der Waals surface area (Å²) in [5, 5.41) is 3.91. The summed E-state index contributed by atoms with van der Waals surface area (Å²) in [5.41, 5.74) is 1.51. The first-order chi connectivity index (χ1) is 14.2. The number of hydrogen-bond donors (Lipinski definition) is 2. The van der Waals surface area contributed by atoms with Gasteiger partial charge in [-0.05, 0) is 24.5 Å². The summed E-state index contributed by atoms with van der Waals surface area (Å²) in [4.78, 5) is 42.7. The van der Waals surface area contributed by atoms with Gasteiger partial charge in [-0.1, -0.05) is 39.0 Å². The molecule has 1 aliphatic rings. The molecule has 1 aromatic heterocycles. The maximum Gasteiger partial charge on any atom is 0.328 e. The molecule has 2 amide bonds. The third kappa shape index (κ3) is 4.83. The Morgan fingerprint density at radius 2 is 1.87 bits per heavy atom. The fourth-order valence-corrected chi connectivity index (χ4v) is 3.96. The quantitative estimate of drug-likeness (QED) is 0.737. The number of carbonyl (C=O) groups excluding carboxylic acids is 3. The number of esters is 1. The van der Waals surface area contributed by atoms with E-state index in [2.05, 4.69) is 10.3 Å². The normalized spacial score (nSPS) is 16.3. The molecule has 1 aromatic carbocycles. The van der Waals surface area contributed by atoms with Crippen LogP contribution in [0.1, 0.15) is 39.2 Å². The van der Waals surface area contributed by atoms with E-state index in [-0.39, 0.29) is 17.7 Å². The summed E-state index contributed by atoms with van der Waals surface area (Å²) in [6, 6.07) is 7.09. The first-order valence-corrected chi connectivity index (χ1v) is 10.4. The van der Waals surface area contributed by atoms with Crippen molar-refractivity contribution in [3.05, 3.63) is 36.0 Å². The minimum Gasteiger partial charge on any atom is -0.467 e. The van der Waals surface area contributed by atoms with Crippen molar-refractivity contribution in [2.45, 2.75) is 46.1 Å². The van der Waals surface area contributed by atoms with Gasteiger partial charge >= 0.3 is 5.97 Å². The molecule has 1 atom stereocenters.